The topological polar surface area (TPSA) is 78.5 Å². The largest absolute Gasteiger partial charge is 0.325 e. The molecule has 0 bridgehead atoms. The van der Waals surface area contributed by atoms with Crippen LogP contribution in [0.1, 0.15) is 64.7 Å². The lowest BCUT2D eigenvalue weighted by Gasteiger charge is -2.20. The maximum absolute atomic E-state index is 12.5. The van der Waals surface area contributed by atoms with Crippen molar-refractivity contribution in [1.82, 2.24) is 9.62 Å². The molecule has 0 atom stereocenters. The molecule has 2 rings (SSSR count). The van der Waals surface area contributed by atoms with Gasteiger partial charge in [0.05, 0.1) is 11.4 Å². The van der Waals surface area contributed by atoms with Crippen LogP contribution in [0.3, 0.4) is 0 Å². The highest BCUT2D eigenvalue weighted by Crippen LogP contribution is 2.19. The van der Waals surface area contributed by atoms with Crippen molar-refractivity contribution in [2.45, 2.75) is 75.6 Å². The number of nitrogens with zero attached hydrogens (tertiary/aromatic N) is 1. The van der Waals surface area contributed by atoms with Crippen LogP contribution in [0, 0.1) is 0 Å². The molecule has 0 aliphatic heterocycles. The minimum atomic E-state index is -3.48. The van der Waals surface area contributed by atoms with E-state index in [0.717, 1.165) is 25.7 Å². The van der Waals surface area contributed by atoms with Gasteiger partial charge >= 0.3 is 0 Å². The first-order chi connectivity index (χ1) is 13.4. The number of amides is 1. The summed E-state index contributed by atoms with van der Waals surface area (Å²) < 4.78 is 26.4. The van der Waals surface area contributed by atoms with Crippen molar-refractivity contribution in [1.29, 1.82) is 0 Å². The van der Waals surface area contributed by atoms with Crippen molar-refractivity contribution >= 4 is 21.6 Å². The van der Waals surface area contributed by atoms with Gasteiger partial charge in [-0.3, -0.25) is 4.79 Å². The summed E-state index contributed by atoms with van der Waals surface area (Å²) >= 11 is 0. The van der Waals surface area contributed by atoms with Crippen LogP contribution in [0.2, 0.25) is 0 Å². The van der Waals surface area contributed by atoms with Gasteiger partial charge in [0.1, 0.15) is 0 Å². The van der Waals surface area contributed by atoms with E-state index >= 15 is 0 Å². The second-order valence-corrected chi connectivity index (χ2v) is 9.72. The van der Waals surface area contributed by atoms with Crippen LogP contribution >= 0.6 is 0 Å². The molecule has 7 heteroatoms. The van der Waals surface area contributed by atoms with Gasteiger partial charge < -0.3 is 10.6 Å². The van der Waals surface area contributed by atoms with Gasteiger partial charge in [0.15, 0.2) is 0 Å². The van der Waals surface area contributed by atoms with Gasteiger partial charge in [-0.15, -0.1) is 0 Å². The van der Waals surface area contributed by atoms with Gasteiger partial charge in [-0.1, -0.05) is 45.4 Å². The van der Waals surface area contributed by atoms with Crippen LogP contribution in [0.5, 0.6) is 0 Å². The van der Waals surface area contributed by atoms with Crippen LogP contribution in [0.25, 0.3) is 0 Å². The molecule has 2 N–H and O–H groups in total. The van der Waals surface area contributed by atoms with E-state index in [0.29, 0.717) is 18.3 Å². The molecule has 1 aliphatic carbocycles. The summed E-state index contributed by atoms with van der Waals surface area (Å²) in [4.78, 5) is 12.5. The fourth-order valence-electron chi connectivity index (χ4n) is 3.49. The molecular formula is C21H35N3O3S. The third kappa shape index (κ3) is 7.18. The van der Waals surface area contributed by atoms with Crippen LogP contribution in [0.15, 0.2) is 29.2 Å². The molecule has 158 valence electrons. The lowest BCUT2D eigenvalue weighted by atomic mass is 9.97. The zero-order valence-corrected chi connectivity index (χ0v) is 18.1. The van der Waals surface area contributed by atoms with Crippen molar-refractivity contribution in [3.05, 3.63) is 24.3 Å². The first-order valence-corrected chi connectivity index (χ1v) is 12.0. The summed E-state index contributed by atoms with van der Waals surface area (Å²) in [5.41, 5.74) is 0.611. The Morgan fingerprint density at radius 3 is 2.29 bits per heavy atom. The number of hydrogen-bond donors (Lipinski definition) is 2. The Kier molecular flexibility index (Phi) is 9.41. The van der Waals surface area contributed by atoms with Crippen LogP contribution in [-0.2, 0) is 14.8 Å². The number of hydrogen-bond acceptors (Lipinski definition) is 4. The minimum absolute atomic E-state index is 0.0993. The smallest absolute Gasteiger partial charge is 0.242 e. The zero-order chi connectivity index (χ0) is 20.4. The molecule has 0 radical (unpaired) electrons. The third-order valence-corrected chi connectivity index (χ3v) is 7.20. The Morgan fingerprint density at radius 1 is 1.07 bits per heavy atom. The zero-order valence-electron chi connectivity index (χ0n) is 17.2. The van der Waals surface area contributed by atoms with Crippen molar-refractivity contribution in [3.8, 4) is 0 Å². The van der Waals surface area contributed by atoms with Crippen molar-refractivity contribution < 1.29 is 13.2 Å². The highest BCUT2D eigenvalue weighted by molar-refractivity contribution is 7.89. The van der Waals surface area contributed by atoms with E-state index in [4.69, 9.17) is 0 Å². The van der Waals surface area contributed by atoms with Crippen molar-refractivity contribution in [2.75, 3.05) is 25.5 Å². The molecule has 0 aromatic heterocycles. The van der Waals surface area contributed by atoms with Crippen LogP contribution in [-0.4, -0.2) is 44.8 Å². The highest BCUT2D eigenvalue weighted by atomic mass is 32.2. The summed E-state index contributed by atoms with van der Waals surface area (Å²) in [5, 5.41) is 6.21. The molecule has 1 amide bonds. The Bertz CT molecular complexity index is 696. The van der Waals surface area contributed by atoms with Crippen molar-refractivity contribution in [3.63, 3.8) is 0 Å². The summed E-state index contributed by atoms with van der Waals surface area (Å²) in [6.45, 7) is 2.82. The van der Waals surface area contributed by atoms with E-state index in [1.807, 2.05) is 6.92 Å². The lowest BCUT2D eigenvalue weighted by molar-refractivity contribution is -0.115. The fraction of sp³-hybridized carbons (Fsp3) is 0.667. The summed E-state index contributed by atoms with van der Waals surface area (Å²) in [5.74, 6) is -0.0993. The second-order valence-electron chi connectivity index (χ2n) is 7.68. The highest BCUT2D eigenvalue weighted by Gasteiger charge is 2.20. The van der Waals surface area contributed by atoms with Gasteiger partial charge in [0.2, 0.25) is 15.9 Å². The monoisotopic (exact) mass is 409 g/mol. The maximum atomic E-state index is 12.5. The normalized spacial score (nSPS) is 16.5. The Labute approximate surface area is 170 Å². The molecule has 1 aromatic rings. The third-order valence-electron chi connectivity index (χ3n) is 5.33. The first kappa shape index (κ1) is 22.8. The van der Waals surface area contributed by atoms with Gasteiger partial charge in [-0.25, -0.2) is 12.7 Å². The molecule has 1 saturated carbocycles. The Hall–Kier alpha value is -1.44. The number of benzene rings is 1. The van der Waals surface area contributed by atoms with E-state index in [1.165, 1.54) is 36.4 Å². The summed E-state index contributed by atoms with van der Waals surface area (Å²) in [6.07, 6.45) is 10.4. The molecule has 6 nitrogen and oxygen atoms in total. The van der Waals surface area contributed by atoms with E-state index < -0.39 is 10.0 Å². The Morgan fingerprint density at radius 2 is 1.68 bits per heavy atom. The molecule has 1 aliphatic rings. The average Bonchev–Trinajstić information content (AvgIpc) is 2.65. The number of carbonyl (C=O) groups is 1. The number of unbranched alkanes of at least 4 members (excludes halogenated alkanes) is 1. The number of carbonyl (C=O) groups excluding carboxylic acids is 1. The van der Waals surface area contributed by atoms with Crippen molar-refractivity contribution in [2.24, 2.45) is 0 Å². The molecule has 1 fully saturated rings. The predicted molar refractivity (Wildman–Crippen MR) is 114 cm³/mol. The minimum Gasteiger partial charge on any atom is -0.325 e. The van der Waals surface area contributed by atoms with E-state index in [-0.39, 0.29) is 17.3 Å². The Balaban J connectivity index is 1.84. The van der Waals surface area contributed by atoms with Gasteiger partial charge in [0, 0.05) is 25.3 Å². The number of anilines is 1. The molecule has 0 saturated heterocycles. The number of rotatable bonds is 9. The standard InChI is InChI=1S/C21H35N3O3S/c1-3-4-16-24(2)28(26,27)20-14-12-19(13-15-20)23-21(25)17-22-18-10-8-6-5-7-9-11-18/h12-15,18,22H,3-11,16-17H2,1-2H3,(H,23,25). The fourth-order valence-corrected chi connectivity index (χ4v) is 4.70. The lowest BCUT2D eigenvalue weighted by Crippen LogP contribution is -2.36. The predicted octanol–water partition coefficient (Wildman–Crippen LogP) is 3.75. The molecule has 0 spiro atoms. The number of nitrogens with one attached hydrogen (secondary N) is 2. The van der Waals surface area contributed by atoms with Crippen LogP contribution in [0.4, 0.5) is 5.69 Å². The van der Waals surface area contributed by atoms with Gasteiger partial charge in [0.25, 0.3) is 0 Å². The van der Waals surface area contributed by atoms with E-state index in [9.17, 15) is 13.2 Å². The molecule has 0 heterocycles. The first-order valence-electron chi connectivity index (χ1n) is 10.5. The average molecular weight is 410 g/mol. The molecule has 28 heavy (non-hydrogen) atoms. The summed E-state index contributed by atoms with van der Waals surface area (Å²) in [6, 6.07) is 6.81. The SMILES string of the molecule is CCCCN(C)S(=O)(=O)c1ccc(NC(=O)CNC2CCCCCCC2)cc1. The quantitative estimate of drug-likeness (QED) is 0.651. The van der Waals surface area contributed by atoms with E-state index in [2.05, 4.69) is 10.6 Å². The van der Waals surface area contributed by atoms with E-state index in [1.54, 1.807) is 31.3 Å². The van der Waals surface area contributed by atoms with Gasteiger partial charge in [-0.2, -0.15) is 0 Å². The number of sulfonamides is 1. The molecule has 1 aromatic carbocycles. The summed E-state index contributed by atoms with van der Waals surface area (Å²) in [7, 11) is -1.88. The second kappa shape index (κ2) is 11.5. The maximum Gasteiger partial charge on any atom is 0.242 e. The van der Waals surface area contributed by atoms with Gasteiger partial charge in [-0.05, 0) is 43.5 Å². The molecular weight excluding hydrogens is 374 g/mol. The molecule has 0 unspecified atom stereocenters. The van der Waals surface area contributed by atoms with Crippen LogP contribution < -0.4 is 10.6 Å².